The Balaban J connectivity index is 0.852. The minimum absolute atomic E-state index is 0.127. The van der Waals surface area contributed by atoms with Crippen LogP contribution in [0.4, 0.5) is 34.1 Å². The first-order chi connectivity index (χ1) is 62.9. The lowest BCUT2D eigenvalue weighted by Crippen LogP contribution is -2.19. The molecule has 12 aromatic rings. The van der Waals surface area contributed by atoms with E-state index in [1.165, 1.54) is 390 Å². The average molecular weight is 1720 g/mol. The molecule has 130 heavy (non-hydrogen) atoms. The third kappa shape index (κ3) is 19.1. The Labute approximate surface area is 785 Å². The van der Waals surface area contributed by atoms with Crippen molar-refractivity contribution in [2.24, 2.45) is 0 Å². The smallest absolute Gasteiger partial charge is 0.0540 e. The molecule has 2 heteroatoms. The summed E-state index contributed by atoms with van der Waals surface area (Å²) in [6.07, 6.45) is 52.9. The zero-order valence-electron chi connectivity index (χ0n) is 82.3. The van der Waals surface area contributed by atoms with Gasteiger partial charge < -0.3 is 9.80 Å². The number of hydrogen-bond donors (Lipinski definition) is 0. The second kappa shape index (κ2) is 37.6. The molecule has 0 aromatic heterocycles. The van der Waals surface area contributed by atoms with Crippen LogP contribution < -0.4 is 9.80 Å². The fourth-order valence-electron chi connectivity index (χ4n) is 26.1. The highest BCUT2D eigenvalue weighted by atomic mass is 15.2. The monoisotopic (exact) mass is 1720 g/mol. The molecule has 0 amide bonds. The van der Waals surface area contributed by atoms with Crippen LogP contribution in [0.2, 0.25) is 0 Å². The topological polar surface area (TPSA) is 6.48 Å². The lowest BCUT2D eigenvalue weighted by molar-refractivity contribution is 0.435. The van der Waals surface area contributed by atoms with Crippen LogP contribution in [0, 0.1) is 0 Å². The molecule has 0 aliphatic heterocycles. The van der Waals surface area contributed by atoms with Gasteiger partial charge in [-0.05, 0) is 377 Å². The van der Waals surface area contributed by atoms with Crippen LogP contribution in [0.1, 0.15) is 454 Å². The van der Waals surface area contributed by atoms with Crippen molar-refractivity contribution >= 4 is 66.4 Å². The van der Waals surface area contributed by atoms with E-state index >= 15 is 0 Å². The predicted octanol–water partition coefficient (Wildman–Crippen LogP) is 39.8. The van der Waals surface area contributed by atoms with Crippen LogP contribution in [-0.4, -0.2) is 0 Å². The van der Waals surface area contributed by atoms with Gasteiger partial charge >= 0.3 is 0 Å². The largest absolute Gasteiger partial charge is 0.310 e. The van der Waals surface area contributed by atoms with E-state index < -0.39 is 0 Å². The van der Waals surface area contributed by atoms with Crippen molar-refractivity contribution in [2.75, 3.05) is 9.80 Å². The van der Waals surface area contributed by atoms with Gasteiger partial charge in [0, 0.05) is 33.5 Å². The Bertz CT molecular complexity index is 5210. The van der Waals surface area contributed by atoms with Crippen molar-refractivity contribution in [3.8, 4) is 44.5 Å². The third-order valence-electron chi connectivity index (χ3n) is 34.1. The second-order valence-corrected chi connectivity index (χ2v) is 47.6. The van der Waals surface area contributed by atoms with Gasteiger partial charge in [0.15, 0.2) is 0 Å². The molecule has 0 unspecified atom stereocenters. The van der Waals surface area contributed by atoms with Gasteiger partial charge in [-0.2, -0.15) is 0 Å². The summed E-state index contributed by atoms with van der Waals surface area (Å²) in [4.78, 5) is 5.59. The van der Waals surface area contributed by atoms with Gasteiger partial charge in [0.2, 0.25) is 0 Å². The van der Waals surface area contributed by atoms with Gasteiger partial charge in [0.25, 0.3) is 0 Å². The molecule has 12 aromatic carbocycles. The molecule has 0 radical (unpaired) electrons. The van der Waals surface area contributed by atoms with Crippen molar-refractivity contribution in [1.82, 2.24) is 0 Å². The van der Waals surface area contributed by atoms with Crippen molar-refractivity contribution in [2.45, 2.75) is 409 Å². The fourth-order valence-corrected chi connectivity index (χ4v) is 26.1. The molecule has 8 aliphatic rings. The summed E-state index contributed by atoms with van der Waals surface area (Å²) < 4.78 is 0. The highest BCUT2D eigenvalue weighted by Crippen LogP contribution is 2.55. The van der Waals surface area contributed by atoms with Gasteiger partial charge in [0.1, 0.15) is 0 Å². The highest BCUT2D eigenvalue weighted by molar-refractivity contribution is 6.28. The van der Waals surface area contributed by atoms with Crippen molar-refractivity contribution in [3.63, 3.8) is 0 Å². The summed E-state index contributed by atoms with van der Waals surface area (Å²) in [5.74, 6) is 4.77. The van der Waals surface area contributed by atoms with Crippen LogP contribution in [-0.2, 0) is 21.7 Å². The fraction of sp³-hybridized carbons (Fsp3) is 0.500. The van der Waals surface area contributed by atoms with E-state index in [-0.39, 0.29) is 21.7 Å². The molecule has 8 saturated carbocycles. The molecular weight excluding hydrogens is 1570 g/mol. The van der Waals surface area contributed by atoms with Crippen LogP contribution >= 0.6 is 0 Å². The van der Waals surface area contributed by atoms with Crippen LogP contribution in [0.25, 0.3) is 76.8 Å². The Morgan fingerprint density at radius 2 is 0.354 bits per heavy atom. The summed E-state index contributed by atoms with van der Waals surface area (Å²) in [6, 6.07) is 84.5. The second-order valence-electron chi connectivity index (χ2n) is 47.6. The standard InChI is InChI=1S/C128H156N2/c1-125(2,3)111-79-112(126(4,5)6)82-117(81-111)129(115-75-107(103-65-95(85-37-21-13-22-38-85)61-96(66-103)86-39-23-14-24-40-86)73-108(76-115)104-67-97(87-41-25-15-26-42-87)62-98(68-104)88-43-27-16-28-44-88)121-59-55-93-54-58-120-122(60-56-94-53-57-119(121)123(93)124(94)120)130(118-83-113(127(7,8)9)80-114(84-118)128(10,11)12)116-77-109(105-69-99(89-45-29-17-30-46-89)63-100(70-105)90-47-31-18-32-48-90)74-110(78-116)106-71-101(91-49-33-19-34-50-91)64-102(72-106)92-51-35-20-36-52-92/h53-92H,13-52H2,1-12H3. The Morgan fingerprint density at radius 3 is 0.546 bits per heavy atom. The molecule has 0 heterocycles. The third-order valence-corrected chi connectivity index (χ3v) is 34.1. The molecular formula is C128H156N2. The van der Waals surface area contributed by atoms with E-state index in [0.717, 1.165) is 0 Å². The van der Waals surface area contributed by atoms with Crippen LogP contribution in [0.15, 0.2) is 194 Å². The van der Waals surface area contributed by atoms with Gasteiger partial charge in [0.05, 0.1) is 11.4 Å². The van der Waals surface area contributed by atoms with E-state index in [2.05, 4.69) is 287 Å². The lowest BCUT2D eigenvalue weighted by atomic mass is 9.78. The number of rotatable bonds is 18. The molecule has 2 nitrogen and oxygen atoms in total. The molecule has 0 spiro atoms. The quantitative estimate of drug-likeness (QED) is 0.0790. The zero-order chi connectivity index (χ0) is 89.2. The van der Waals surface area contributed by atoms with E-state index in [4.69, 9.17) is 0 Å². The van der Waals surface area contributed by atoms with Gasteiger partial charge in [-0.25, -0.2) is 0 Å². The molecule has 8 fully saturated rings. The van der Waals surface area contributed by atoms with Gasteiger partial charge in [-0.3, -0.25) is 0 Å². The van der Waals surface area contributed by atoms with Crippen molar-refractivity contribution < 1.29 is 0 Å². The van der Waals surface area contributed by atoms with E-state index in [1.807, 2.05) is 0 Å². The van der Waals surface area contributed by atoms with Gasteiger partial charge in [-0.15, -0.1) is 0 Å². The molecule has 8 aliphatic carbocycles. The SMILES string of the molecule is CC(C)(C)c1cc(N(c2cc(-c3cc(C4CCCCC4)cc(C4CCCCC4)c3)cc(-c3cc(C4CCCCC4)cc(C4CCCCC4)c3)c2)c2ccc3ccc4c(N(c5cc(-c6cc(C7CCCCC7)cc(C7CCCCC7)c6)cc(-c6cc(C7CCCCC7)cc(C7CCCCC7)c6)c5)c5cc(C(C)(C)C)cc(C(C)(C)C)c5)ccc5ccc2c3c54)cc(C(C)(C)C)c1. The molecule has 0 N–H and O–H groups in total. The van der Waals surface area contributed by atoms with Crippen molar-refractivity contribution in [1.29, 1.82) is 0 Å². The Hall–Kier alpha value is -8.72. The Kier molecular flexibility index (Phi) is 25.8. The van der Waals surface area contributed by atoms with E-state index in [9.17, 15) is 0 Å². The van der Waals surface area contributed by atoms with E-state index in [0.29, 0.717) is 47.3 Å². The first kappa shape index (κ1) is 89.2. The summed E-state index contributed by atoms with van der Waals surface area (Å²) >= 11 is 0. The first-order valence-electron chi connectivity index (χ1n) is 53.4. The zero-order valence-corrected chi connectivity index (χ0v) is 82.3. The minimum Gasteiger partial charge on any atom is -0.310 e. The number of benzene rings is 12. The molecule has 0 atom stereocenters. The maximum absolute atomic E-state index is 2.79. The Morgan fingerprint density at radius 1 is 0.177 bits per heavy atom. The minimum atomic E-state index is -0.127. The first-order valence-corrected chi connectivity index (χ1v) is 53.4. The van der Waals surface area contributed by atoms with E-state index in [1.54, 1.807) is 44.5 Å². The number of hydrogen-bond acceptors (Lipinski definition) is 2. The van der Waals surface area contributed by atoms with Crippen molar-refractivity contribution in [3.05, 3.63) is 261 Å². The molecule has 20 rings (SSSR count). The number of anilines is 6. The lowest BCUT2D eigenvalue weighted by Gasteiger charge is -2.33. The number of nitrogens with zero attached hydrogens (tertiary/aromatic N) is 2. The summed E-state index contributed by atoms with van der Waals surface area (Å²) in [5.41, 5.74) is 36.1. The van der Waals surface area contributed by atoms with Crippen LogP contribution in [0.5, 0.6) is 0 Å². The highest BCUT2D eigenvalue weighted by Gasteiger charge is 2.34. The molecule has 0 saturated heterocycles. The predicted molar refractivity (Wildman–Crippen MR) is 563 cm³/mol. The van der Waals surface area contributed by atoms with Crippen LogP contribution in [0.3, 0.4) is 0 Å². The van der Waals surface area contributed by atoms with Gasteiger partial charge in [-0.1, -0.05) is 359 Å². The maximum atomic E-state index is 2.79. The summed E-state index contributed by atoms with van der Waals surface area (Å²) in [6.45, 7) is 29.3. The maximum Gasteiger partial charge on any atom is 0.0540 e. The summed E-state index contributed by atoms with van der Waals surface area (Å²) in [7, 11) is 0. The summed E-state index contributed by atoms with van der Waals surface area (Å²) in [5, 5.41) is 7.82. The average Bonchev–Trinajstić information content (AvgIpc) is 0.714. The molecule has 0 bridgehead atoms. The normalized spacial score (nSPS) is 19.1. The molecule has 678 valence electrons.